The summed E-state index contributed by atoms with van der Waals surface area (Å²) in [6, 6.07) is 8.51. The monoisotopic (exact) mass is 538 g/mol. The van der Waals surface area contributed by atoms with E-state index in [9.17, 15) is 24.6 Å². The molecule has 1 spiro atoms. The van der Waals surface area contributed by atoms with Crippen LogP contribution < -0.4 is 0 Å². The van der Waals surface area contributed by atoms with Crippen LogP contribution in [0.1, 0.15) is 71.2 Å². The Labute approximate surface area is 228 Å². The summed E-state index contributed by atoms with van der Waals surface area (Å²) in [6.07, 6.45) is -1.85. The van der Waals surface area contributed by atoms with Crippen molar-refractivity contribution in [2.24, 2.45) is 28.1 Å². The highest BCUT2D eigenvalue weighted by atomic mass is 16.6. The maximum absolute atomic E-state index is 14.7. The van der Waals surface area contributed by atoms with Gasteiger partial charge in [-0.25, -0.2) is 4.79 Å². The zero-order valence-corrected chi connectivity index (χ0v) is 23.4. The van der Waals surface area contributed by atoms with Crippen molar-refractivity contribution in [3.8, 4) is 0 Å². The predicted molar refractivity (Wildman–Crippen MR) is 139 cm³/mol. The summed E-state index contributed by atoms with van der Waals surface area (Å²) in [5.74, 6) is -1.86. The number of ketones is 1. The van der Waals surface area contributed by atoms with Crippen LogP contribution in [-0.2, 0) is 23.8 Å². The Morgan fingerprint density at radius 2 is 1.77 bits per heavy atom. The van der Waals surface area contributed by atoms with Gasteiger partial charge in [0, 0.05) is 30.1 Å². The first-order valence-electron chi connectivity index (χ1n) is 13.9. The molecule has 2 bridgehead atoms. The first kappa shape index (κ1) is 26.7. The SMILES string of the molecule is CC(=O)O[C@@]12CO[C@@H]1C[C@@H]1C[C@@]13C(=O)[C@H](C)C1=C(C)[C@@H](O)C[C@@](O)([C@@H](OC(=O)c4ccccc4)[C@]23C)C1(C)C. The van der Waals surface area contributed by atoms with Crippen LogP contribution in [0.3, 0.4) is 0 Å². The summed E-state index contributed by atoms with van der Waals surface area (Å²) in [6.45, 7) is 10.6. The molecule has 6 rings (SSSR count). The van der Waals surface area contributed by atoms with Crippen LogP contribution in [0.2, 0.25) is 0 Å². The number of ether oxygens (including phenoxy) is 3. The number of carbonyl (C=O) groups excluding carboxylic acids is 3. The Morgan fingerprint density at radius 3 is 2.36 bits per heavy atom. The van der Waals surface area contributed by atoms with Gasteiger partial charge in [0.15, 0.2) is 5.60 Å². The molecule has 8 nitrogen and oxygen atoms in total. The van der Waals surface area contributed by atoms with E-state index in [0.29, 0.717) is 29.6 Å². The van der Waals surface area contributed by atoms with Gasteiger partial charge < -0.3 is 24.4 Å². The minimum atomic E-state index is -1.79. The molecule has 5 aliphatic rings. The van der Waals surface area contributed by atoms with Crippen molar-refractivity contribution in [1.82, 2.24) is 0 Å². The van der Waals surface area contributed by atoms with Crippen LogP contribution >= 0.6 is 0 Å². The summed E-state index contributed by atoms with van der Waals surface area (Å²) in [7, 11) is 0. The second-order valence-corrected chi connectivity index (χ2v) is 13.2. The second-order valence-electron chi connectivity index (χ2n) is 13.2. The Hall–Kier alpha value is -2.55. The van der Waals surface area contributed by atoms with E-state index in [4.69, 9.17) is 14.2 Å². The van der Waals surface area contributed by atoms with E-state index in [0.717, 1.165) is 0 Å². The predicted octanol–water partition coefficient (Wildman–Crippen LogP) is 3.39. The first-order valence-corrected chi connectivity index (χ1v) is 13.9. The number of benzene rings is 1. The fourth-order valence-corrected chi connectivity index (χ4v) is 9.34. The molecule has 8 heteroatoms. The average molecular weight is 539 g/mol. The lowest BCUT2D eigenvalue weighted by Gasteiger charge is -2.69. The lowest BCUT2D eigenvalue weighted by atomic mass is 9.42. The minimum Gasteiger partial charge on any atom is -0.455 e. The van der Waals surface area contributed by atoms with Crippen molar-refractivity contribution >= 4 is 17.7 Å². The Bertz CT molecular complexity index is 1300. The highest BCUT2D eigenvalue weighted by molar-refractivity contribution is 5.95. The number of aliphatic hydroxyl groups excluding tert-OH is 1. The summed E-state index contributed by atoms with van der Waals surface area (Å²) >= 11 is 0. The van der Waals surface area contributed by atoms with Gasteiger partial charge >= 0.3 is 11.9 Å². The van der Waals surface area contributed by atoms with Gasteiger partial charge in [0.2, 0.25) is 0 Å². The van der Waals surface area contributed by atoms with Gasteiger partial charge in [-0.1, -0.05) is 45.9 Å². The zero-order chi connectivity index (χ0) is 28.3. The van der Waals surface area contributed by atoms with E-state index in [1.807, 2.05) is 34.6 Å². The van der Waals surface area contributed by atoms with E-state index in [2.05, 4.69) is 0 Å². The van der Waals surface area contributed by atoms with Crippen LogP contribution in [0.15, 0.2) is 41.5 Å². The van der Waals surface area contributed by atoms with Crippen molar-refractivity contribution in [2.75, 3.05) is 6.61 Å². The van der Waals surface area contributed by atoms with Crippen LogP contribution in [0.4, 0.5) is 0 Å². The molecule has 2 N–H and O–H groups in total. The number of fused-ring (bicyclic) bond motifs is 4. The molecule has 210 valence electrons. The van der Waals surface area contributed by atoms with Crippen molar-refractivity contribution in [3.63, 3.8) is 0 Å². The number of rotatable bonds is 3. The molecule has 39 heavy (non-hydrogen) atoms. The number of hydrogen-bond donors (Lipinski definition) is 2. The van der Waals surface area contributed by atoms with Crippen LogP contribution in [0.5, 0.6) is 0 Å². The minimum absolute atomic E-state index is 0.0220. The molecular formula is C31H38O8. The van der Waals surface area contributed by atoms with Crippen LogP contribution in [-0.4, -0.2) is 64.1 Å². The van der Waals surface area contributed by atoms with Gasteiger partial charge in [0.1, 0.15) is 23.6 Å². The van der Waals surface area contributed by atoms with Crippen molar-refractivity contribution < 1.29 is 38.8 Å². The summed E-state index contributed by atoms with van der Waals surface area (Å²) < 4.78 is 18.5. The molecule has 9 atom stereocenters. The molecule has 0 radical (unpaired) electrons. The summed E-state index contributed by atoms with van der Waals surface area (Å²) in [5.41, 5.74) is -4.80. The highest BCUT2D eigenvalue weighted by Crippen LogP contribution is 2.80. The standard InChI is InChI=1S/C31H38O8/c1-16-21(33)14-30(36)26(38-25(35)19-10-8-7-9-11-19)28(6)29(24(34)17(2)23(16)27(30,4)5)13-20(29)12-22-31(28,15-37-22)39-18(3)32/h7-11,17,20-22,26,33,36H,12-15H2,1-6H3/t17-,20-,21+,22-,26+,28+,29+,30-,31+/m1/s1. The molecule has 1 aromatic rings. The van der Waals surface area contributed by atoms with Crippen molar-refractivity contribution in [2.45, 2.75) is 90.3 Å². The van der Waals surface area contributed by atoms with E-state index in [1.54, 1.807) is 30.3 Å². The molecule has 4 aliphatic carbocycles. The maximum Gasteiger partial charge on any atom is 0.338 e. The van der Waals surface area contributed by atoms with Gasteiger partial charge in [-0.2, -0.15) is 0 Å². The number of Topliss-reactive ketones (excluding diaryl/α,β-unsaturated/α-hetero) is 1. The quantitative estimate of drug-likeness (QED) is 0.444. The van der Waals surface area contributed by atoms with Gasteiger partial charge in [-0.15, -0.1) is 0 Å². The molecule has 1 heterocycles. The Balaban J connectivity index is 1.65. The van der Waals surface area contributed by atoms with Gasteiger partial charge in [-0.3, -0.25) is 9.59 Å². The molecule has 1 aromatic carbocycles. The molecule has 0 unspecified atom stereocenters. The maximum atomic E-state index is 14.7. The molecule has 4 fully saturated rings. The van der Waals surface area contributed by atoms with Gasteiger partial charge in [0.25, 0.3) is 0 Å². The largest absolute Gasteiger partial charge is 0.455 e. The normalized spacial score (nSPS) is 45.4. The van der Waals surface area contributed by atoms with Crippen LogP contribution in [0, 0.1) is 28.1 Å². The number of hydrogen-bond acceptors (Lipinski definition) is 8. The molecular weight excluding hydrogens is 500 g/mol. The second kappa shape index (κ2) is 8.02. The summed E-state index contributed by atoms with van der Waals surface area (Å²) in [4.78, 5) is 41.1. The Kier molecular flexibility index (Phi) is 5.48. The lowest BCUT2D eigenvalue weighted by Crippen LogP contribution is -2.82. The van der Waals surface area contributed by atoms with Crippen LogP contribution in [0.25, 0.3) is 0 Å². The molecule has 0 amide bonds. The van der Waals surface area contributed by atoms with Crippen molar-refractivity contribution in [1.29, 1.82) is 0 Å². The van der Waals surface area contributed by atoms with Gasteiger partial charge in [-0.05, 0) is 49.0 Å². The summed E-state index contributed by atoms with van der Waals surface area (Å²) in [5, 5.41) is 24.2. The zero-order valence-electron chi connectivity index (χ0n) is 23.4. The average Bonchev–Trinajstić information content (AvgIpc) is 3.61. The lowest BCUT2D eigenvalue weighted by molar-refractivity contribution is -0.355. The van der Waals surface area contributed by atoms with E-state index in [-0.39, 0.29) is 24.7 Å². The molecule has 3 saturated carbocycles. The number of esters is 2. The third kappa shape index (κ3) is 2.98. The molecule has 0 aromatic heterocycles. The number of carbonyl (C=O) groups is 3. The highest BCUT2D eigenvalue weighted by Gasteiger charge is 2.88. The third-order valence-corrected chi connectivity index (χ3v) is 11.4. The van der Waals surface area contributed by atoms with E-state index >= 15 is 0 Å². The smallest absolute Gasteiger partial charge is 0.338 e. The van der Waals surface area contributed by atoms with E-state index < -0.39 is 63.6 Å². The fourth-order valence-electron chi connectivity index (χ4n) is 9.34. The third-order valence-electron chi connectivity index (χ3n) is 11.4. The fraction of sp³-hybridized carbons (Fsp3) is 0.645. The van der Waals surface area contributed by atoms with Crippen molar-refractivity contribution in [3.05, 3.63) is 47.0 Å². The Morgan fingerprint density at radius 1 is 1.10 bits per heavy atom. The molecule has 1 aliphatic heterocycles. The topological polar surface area (TPSA) is 119 Å². The van der Waals surface area contributed by atoms with Gasteiger partial charge in [0.05, 0.1) is 23.7 Å². The number of aliphatic hydroxyl groups is 2. The van der Waals surface area contributed by atoms with E-state index in [1.165, 1.54) is 6.92 Å². The molecule has 1 saturated heterocycles. The first-order chi connectivity index (χ1) is 18.2.